The largest absolute Gasteiger partial charge is 0.508 e. The average Bonchev–Trinajstić information content (AvgIpc) is 3.08. The number of rotatable bonds is 8. The van der Waals surface area contributed by atoms with E-state index in [0.717, 1.165) is 10.8 Å². The summed E-state index contributed by atoms with van der Waals surface area (Å²) < 4.78 is 26.5. The Balaban J connectivity index is 1.65. The molecule has 1 aliphatic rings. The van der Waals surface area contributed by atoms with Gasteiger partial charge in [-0.2, -0.15) is 0 Å². The smallest absolute Gasteiger partial charge is 0.490 e. The standard InChI is InChI=1S/C20H22O7/c1-3-15(26-13(2)21)10-23-16-7-8-18-14(9-16)5-4-6-19(18)24-11-17-12-25-20(22)27-17/h4-9,15,17H,3,10-12H2,1-2H3. The molecule has 27 heavy (non-hydrogen) atoms. The van der Waals surface area contributed by atoms with Crippen molar-refractivity contribution in [3.05, 3.63) is 36.4 Å². The van der Waals surface area contributed by atoms with E-state index in [4.69, 9.17) is 23.7 Å². The van der Waals surface area contributed by atoms with Crippen LogP contribution in [0.1, 0.15) is 20.3 Å². The summed E-state index contributed by atoms with van der Waals surface area (Å²) in [5, 5.41) is 1.87. The van der Waals surface area contributed by atoms with E-state index in [1.807, 2.05) is 43.3 Å². The van der Waals surface area contributed by atoms with Gasteiger partial charge < -0.3 is 23.7 Å². The first kappa shape index (κ1) is 18.8. The molecule has 0 bridgehead atoms. The van der Waals surface area contributed by atoms with Crippen LogP contribution in [0, 0.1) is 0 Å². The highest BCUT2D eigenvalue weighted by atomic mass is 16.8. The van der Waals surface area contributed by atoms with Gasteiger partial charge in [-0.25, -0.2) is 4.79 Å². The van der Waals surface area contributed by atoms with Gasteiger partial charge in [-0.1, -0.05) is 19.1 Å². The summed E-state index contributed by atoms with van der Waals surface area (Å²) in [5.41, 5.74) is 0. The van der Waals surface area contributed by atoms with Crippen LogP contribution in [0.4, 0.5) is 4.79 Å². The minimum absolute atomic E-state index is 0.197. The van der Waals surface area contributed by atoms with Gasteiger partial charge in [0.05, 0.1) is 0 Å². The number of benzene rings is 2. The Hall–Kier alpha value is -2.96. The highest BCUT2D eigenvalue weighted by Gasteiger charge is 2.25. The lowest BCUT2D eigenvalue weighted by Gasteiger charge is -2.16. The second-order valence-electron chi connectivity index (χ2n) is 6.20. The molecule has 7 nitrogen and oxygen atoms in total. The molecular weight excluding hydrogens is 352 g/mol. The summed E-state index contributed by atoms with van der Waals surface area (Å²) in [6.45, 7) is 4.05. The third-order valence-electron chi connectivity index (χ3n) is 4.11. The molecule has 1 saturated heterocycles. The zero-order chi connectivity index (χ0) is 19.2. The van der Waals surface area contributed by atoms with Crippen LogP contribution in [0.25, 0.3) is 10.8 Å². The Kier molecular flexibility index (Phi) is 6.01. The minimum Gasteiger partial charge on any atom is -0.490 e. The summed E-state index contributed by atoms with van der Waals surface area (Å²) >= 11 is 0. The fourth-order valence-corrected chi connectivity index (χ4v) is 2.74. The number of hydrogen-bond donors (Lipinski definition) is 0. The van der Waals surface area contributed by atoms with Crippen molar-refractivity contribution in [3.8, 4) is 11.5 Å². The molecule has 1 fully saturated rings. The molecule has 0 N–H and O–H groups in total. The monoisotopic (exact) mass is 374 g/mol. The molecule has 2 aromatic carbocycles. The summed E-state index contributed by atoms with van der Waals surface area (Å²) in [4.78, 5) is 22.0. The molecule has 2 unspecified atom stereocenters. The summed E-state index contributed by atoms with van der Waals surface area (Å²) in [6, 6.07) is 11.3. The lowest BCUT2D eigenvalue weighted by molar-refractivity contribution is -0.147. The Morgan fingerprint density at radius 1 is 1.26 bits per heavy atom. The molecule has 0 radical (unpaired) electrons. The predicted octanol–water partition coefficient (Wildman–Crippen LogP) is 3.47. The van der Waals surface area contributed by atoms with Crippen molar-refractivity contribution in [2.75, 3.05) is 19.8 Å². The highest BCUT2D eigenvalue weighted by Crippen LogP contribution is 2.29. The molecule has 0 aliphatic carbocycles. The van der Waals surface area contributed by atoms with Crippen molar-refractivity contribution >= 4 is 22.9 Å². The van der Waals surface area contributed by atoms with Crippen LogP contribution in [-0.2, 0) is 19.0 Å². The maximum atomic E-state index is 11.1. The van der Waals surface area contributed by atoms with Crippen LogP contribution in [0.5, 0.6) is 11.5 Å². The van der Waals surface area contributed by atoms with Crippen molar-refractivity contribution in [1.29, 1.82) is 0 Å². The predicted molar refractivity (Wildman–Crippen MR) is 97.0 cm³/mol. The van der Waals surface area contributed by atoms with E-state index in [1.165, 1.54) is 6.92 Å². The second-order valence-corrected chi connectivity index (χ2v) is 6.20. The third-order valence-corrected chi connectivity index (χ3v) is 4.11. The van der Waals surface area contributed by atoms with Gasteiger partial charge in [0.2, 0.25) is 0 Å². The fraction of sp³-hybridized carbons (Fsp3) is 0.400. The van der Waals surface area contributed by atoms with Crippen molar-refractivity contribution in [3.63, 3.8) is 0 Å². The van der Waals surface area contributed by atoms with Crippen LogP contribution < -0.4 is 9.47 Å². The van der Waals surface area contributed by atoms with E-state index in [9.17, 15) is 9.59 Å². The molecule has 2 atom stereocenters. The van der Waals surface area contributed by atoms with Crippen molar-refractivity contribution in [1.82, 2.24) is 0 Å². The molecule has 0 saturated carbocycles. The van der Waals surface area contributed by atoms with Gasteiger partial charge in [-0.15, -0.1) is 0 Å². The number of carbonyl (C=O) groups excluding carboxylic acids is 2. The van der Waals surface area contributed by atoms with Crippen LogP contribution in [0.2, 0.25) is 0 Å². The topological polar surface area (TPSA) is 80.3 Å². The van der Waals surface area contributed by atoms with Gasteiger partial charge >= 0.3 is 12.1 Å². The molecule has 0 spiro atoms. The molecule has 3 rings (SSSR count). The highest BCUT2D eigenvalue weighted by molar-refractivity contribution is 5.89. The second kappa shape index (κ2) is 8.62. The van der Waals surface area contributed by atoms with Gasteiger partial charge in [0.1, 0.15) is 37.4 Å². The van der Waals surface area contributed by atoms with Gasteiger partial charge in [0.25, 0.3) is 0 Å². The molecule has 0 amide bonds. The molecule has 0 aromatic heterocycles. The number of hydrogen-bond acceptors (Lipinski definition) is 7. The van der Waals surface area contributed by atoms with Gasteiger partial charge in [0, 0.05) is 12.3 Å². The fourth-order valence-electron chi connectivity index (χ4n) is 2.74. The maximum Gasteiger partial charge on any atom is 0.508 e. The van der Waals surface area contributed by atoms with Crippen LogP contribution in [0.15, 0.2) is 36.4 Å². The van der Waals surface area contributed by atoms with Crippen molar-refractivity contribution < 1.29 is 33.3 Å². The van der Waals surface area contributed by atoms with E-state index in [0.29, 0.717) is 24.5 Å². The SMILES string of the molecule is CCC(COc1ccc2c(OCC3COC(=O)O3)cccc2c1)OC(C)=O. The Morgan fingerprint density at radius 2 is 2.11 bits per heavy atom. The van der Waals surface area contributed by atoms with Crippen LogP contribution in [-0.4, -0.2) is 44.2 Å². The normalized spacial score (nSPS) is 17.1. The zero-order valence-corrected chi connectivity index (χ0v) is 15.3. The average molecular weight is 374 g/mol. The lowest BCUT2D eigenvalue weighted by atomic mass is 10.1. The maximum absolute atomic E-state index is 11.1. The third kappa shape index (κ3) is 5.03. The number of esters is 1. The van der Waals surface area contributed by atoms with Gasteiger partial charge in [0.15, 0.2) is 6.10 Å². The van der Waals surface area contributed by atoms with E-state index < -0.39 is 12.3 Å². The lowest BCUT2D eigenvalue weighted by Crippen LogP contribution is -2.23. The number of cyclic esters (lactones) is 2. The van der Waals surface area contributed by atoms with E-state index in [1.54, 1.807) is 0 Å². The Morgan fingerprint density at radius 3 is 2.81 bits per heavy atom. The molecule has 1 heterocycles. The van der Waals surface area contributed by atoms with Crippen LogP contribution >= 0.6 is 0 Å². The molecule has 1 aliphatic heterocycles. The quantitative estimate of drug-likeness (QED) is 0.655. The van der Waals surface area contributed by atoms with Crippen LogP contribution in [0.3, 0.4) is 0 Å². The first-order valence-corrected chi connectivity index (χ1v) is 8.84. The minimum atomic E-state index is -0.664. The summed E-state index contributed by atoms with van der Waals surface area (Å²) in [6.07, 6.45) is -0.657. The van der Waals surface area contributed by atoms with Crippen molar-refractivity contribution in [2.45, 2.75) is 32.5 Å². The van der Waals surface area contributed by atoms with E-state index in [-0.39, 0.29) is 25.3 Å². The Labute approximate surface area is 157 Å². The summed E-state index contributed by atoms with van der Waals surface area (Å²) in [5.74, 6) is 1.06. The van der Waals surface area contributed by atoms with E-state index >= 15 is 0 Å². The van der Waals surface area contributed by atoms with Crippen molar-refractivity contribution in [2.24, 2.45) is 0 Å². The number of ether oxygens (including phenoxy) is 5. The van der Waals surface area contributed by atoms with Gasteiger partial charge in [-0.3, -0.25) is 4.79 Å². The molecular formula is C20H22O7. The summed E-state index contributed by atoms with van der Waals surface area (Å²) in [7, 11) is 0. The first-order chi connectivity index (χ1) is 13.0. The molecule has 7 heteroatoms. The number of fused-ring (bicyclic) bond motifs is 1. The molecule has 144 valence electrons. The first-order valence-electron chi connectivity index (χ1n) is 8.84. The van der Waals surface area contributed by atoms with E-state index in [2.05, 4.69) is 0 Å². The Bertz CT molecular complexity index is 817. The van der Waals surface area contributed by atoms with Gasteiger partial charge in [-0.05, 0) is 36.1 Å². The zero-order valence-electron chi connectivity index (χ0n) is 15.3. The number of carbonyl (C=O) groups is 2. The molecule has 2 aromatic rings.